The number of methoxy groups -OCH3 is 2. The van der Waals surface area contributed by atoms with Gasteiger partial charge in [0.15, 0.2) is 0 Å². The zero-order chi connectivity index (χ0) is 29.3. The van der Waals surface area contributed by atoms with Crippen LogP contribution in [0.2, 0.25) is 5.02 Å². The van der Waals surface area contributed by atoms with Crippen LogP contribution in [0.5, 0.6) is 23.0 Å². The number of hydrogen-bond donors (Lipinski definition) is 1. The monoisotopic (exact) mass is 610 g/mol. The normalized spacial score (nSPS) is 17.6. The van der Waals surface area contributed by atoms with E-state index in [1.807, 2.05) is 4.98 Å². The molecule has 10 nitrogen and oxygen atoms in total. The van der Waals surface area contributed by atoms with Crippen LogP contribution in [-0.4, -0.2) is 49.3 Å². The fourth-order valence-electron chi connectivity index (χ4n) is 3.35. The largest absolute Gasteiger partial charge is 0.497 e. The first-order valence-corrected chi connectivity index (χ1v) is 12.8. The quantitative estimate of drug-likeness (QED) is 0.240. The highest BCUT2D eigenvalue weighted by Crippen LogP contribution is 2.46. The second-order valence-electron chi connectivity index (χ2n) is 7.84. The molecule has 1 N–H and O–H groups in total. The lowest BCUT2D eigenvalue weighted by atomic mass is 10.2. The maximum atomic E-state index is 14.8. The minimum Gasteiger partial charge on any atom is -0.497 e. The molecule has 218 valence electrons. The van der Waals surface area contributed by atoms with E-state index < -0.39 is 58.1 Å². The fraction of sp³-hybridized carbons (Fsp3) is 0.333. The third-order valence-corrected chi connectivity index (χ3v) is 6.63. The van der Waals surface area contributed by atoms with E-state index in [4.69, 9.17) is 39.4 Å². The van der Waals surface area contributed by atoms with Crippen LogP contribution in [0.25, 0.3) is 0 Å². The van der Waals surface area contributed by atoms with Crippen molar-refractivity contribution in [3.8, 4) is 23.0 Å². The third kappa shape index (κ3) is 8.34. The average Bonchev–Trinajstić information content (AvgIpc) is 3.24. The zero-order valence-electron chi connectivity index (χ0n) is 21.0. The number of nitrogens with one attached hydrogen (secondary N) is 1. The summed E-state index contributed by atoms with van der Waals surface area (Å²) < 4.78 is 82.5. The molecule has 2 unspecified atom stereocenters. The van der Waals surface area contributed by atoms with E-state index in [2.05, 4.69) is 0 Å². The van der Waals surface area contributed by atoms with E-state index in [0.717, 1.165) is 10.8 Å². The summed E-state index contributed by atoms with van der Waals surface area (Å²) in [7, 11) is 0.818. The topological polar surface area (TPSA) is 110 Å². The van der Waals surface area contributed by atoms with Gasteiger partial charge in [0, 0.05) is 6.20 Å². The lowest BCUT2D eigenvalue weighted by molar-refractivity contribution is -0.0984. The number of alkyl halides is 4. The molecule has 2 aromatic carbocycles. The molecule has 0 spiro atoms. The predicted octanol–water partition coefficient (Wildman–Crippen LogP) is 5.41. The average molecular weight is 611 g/mol. The van der Waals surface area contributed by atoms with Crippen molar-refractivity contribution in [1.29, 1.82) is 0 Å². The molecule has 1 fully saturated rings. The first-order chi connectivity index (χ1) is 19.1. The van der Waals surface area contributed by atoms with Crippen LogP contribution in [0, 0.1) is 0 Å². The predicted molar refractivity (Wildman–Crippen MR) is 137 cm³/mol. The fourth-order valence-corrected chi connectivity index (χ4v) is 4.49. The Bertz CT molecular complexity index is 1290. The second kappa shape index (κ2) is 14.4. The van der Waals surface area contributed by atoms with Gasteiger partial charge < -0.3 is 23.3 Å². The maximum absolute atomic E-state index is 14.8. The van der Waals surface area contributed by atoms with Crippen LogP contribution in [-0.2, 0) is 9.26 Å². The van der Waals surface area contributed by atoms with Gasteiger partial charge in [-0.05, 0) is 48.5 Å². The van der Waals surface area contributed by atoms with E-state index >= 15 is 0 Å². The van der Waals surface area contributed by atoms with Crippen molar-refractivity contribution in [1.82, 2.24) is 9.55 Å². The van der Waals surface area contributed by atoms with Crippen LogP contribution in [0.4, 0.5) is 17.6 Å². The molecule has 40 heavy (non-hydrogen) atoms. The lowest BCUT2D eigenvalue weighted by Crippen LogP contribution is -2.33. The molecule has 1 aliphatic rings. The minimum absolute atomic E-state index is 0.337. The Balaban J connectivity index is 0.00000141. The number of ether oxygens (including phenoxy) is 3. The van der Waals surface area contributed by atoms with Crippen molar-refractivity contribution in [3.05, 3.63) is 80.6 Å². The molecule has 2 heterocycles. The van der Waals surface area contributed by atoms with Gasteiger partial charge in [0.25, 0.3) is 11.5 Å². The van der Waals surface area contributed by atoms with E-state index in [0.29, 0.717) is 23.0 Å². The summed E-state index contributed by atoms with van der Waals surface area (Å²) in [5.74, 6) is -1.47. The zero-order valence-corrected chi connectivity index (χ0v) is 22.7. The number of benzene rings is 2. The summed E-state index contributed by atoms with van der Waals surface area (Å²) >= 11 is 5.75. The van der Waals surface area contributed by atoms with Gasteiger partial charge >= 0.3 is 14.3 Å². The molecule has 0 aliphatic carbocycles. The van der Waals surface area contributed by atoms with Crippen LogP contribution < -0.4 is 29.8 Å². The minimum atomic E-state index is -3.37. The molecular formula is C24H24ClF4N2O8P. The van der Waals surface area contributed by atoms with Crippen LogP contribution >= 0.6 is 20.2 Å². The summed E-state index contributed by atoms with van der Waals surface area (Å²) in [5.41, 5.74) is -1.76. The molecule has 1 saturated heterocycles. The van der Waals surface area contributed by atoms with Crippen molar-refractivity contribution in [2.45, 2.75) is 24.7 Å². The molecule has 0 radical (unpaired) electrons. The Labute approximate surface area is 231 Å². The molecule has 0 bridgehead atoms. The summed E-state index contributed by atoms with van der Waals surface area (Å²) in [4.78, 5) is 25.6. The van der Waals surface area contributed by atoms with Gasteiger partial charge in [-0.1, -0.05) is 11.6 Å². The van der Waals surface area contributed by atoms with Gasteiger partial charge in [-0.15, -0.1) is 0 Å². The number of nitrogens with zero attached hydrogens (tertiary/aromatic N) is 1. The molecule has 3 aromatic rings. The van der Waals surface area contributed by atoms with Crippen LogP contribution in [0.1, 0.15) is 12.6 Å². The van der Waals surface area contributed by atoms with Crippen molar-refractivity contribution >= 4 is 20.2 Å². The number of H-pyrrole nitrogens is 1. The maximum Gasteiger partial charge on any atom is 0.463 e. The number of aromatic nitrogens is 2. The van der Waals surface area contributed by atoms with Gasteiger partial charge in [-0.2, -0.15) is 0 Å². The van der Waals surface area contributed by atoms with E-state index in [1.54, 1.807) is 48.5 Å². The van der Waals surface area contributed by atoms with Crippen LogP contribution in [0.3, 0.4) is 0 Å². The van der Waals surface area contributed by atoms with Crippen molar-refractivity contribution in [3.63, 3.8) is 0 Å². The number of aromatic amines is 1. The van der Waals surface area contributed by atoms with Gasteiger partial charge in [0.2, 0.25) is 6.93 Å². The van der Waals surface area contributed by atoms with Gasteiger partial charge in [-0.3, -0.25) is 18.9 Å². The molecule has 4 rings (SSSR count). The number of hydrogen-bond acceptors (Lipinski definition) is 8. The summed E-state index contributed by atoms with van der Waals surface area (Å²) in [6, 6.07) is 13.1. The number of halogens is 5. The van der Waals surface area contributed by atoms with Crippen molar-refractivity contribution in [2.24, 2.45) is 0 Å². The Morgan fingerprint density at radius 2 is 1.45 bits per heavy atom. The molecule has 1 aliphatic heterocycles. The first-order valence-electron chi connectivity index (χ1n) is 11.3. The van der Waals surface area contributed by atoms with E-state index in [9.17, 15) is 27.2 Å². The van der Waals surface area contributed by atoms with Crippen molar-refractivity contribution < 1.29 is 45.3 Å². The molecule has 1 aromatic heterocycles. The molecule has 0 amide bonds. The highest BCUT2D eigenvalue weighted by Gasteiger charge is 2.51. The standard InChI is InChI=1S/C23H22ClF2N2O8P.CH2F2/c1-31-14-3-7-16(8-4-14)35-37(36-17-9-5-15(32-2)6-10-17)33-13-19-23(25,26)11-20(34-19)28-12-18(24)21(29)27-22(28)30;2-1-3/h3-10,12,19-20H,11,13H2,1-2H3,(H,27,29,30);1H2. The Morgan fingerprint density at radius 3 is 1.93 bits per heavy atom. The van der Waals surface area contributed by atoms with Crippen molar-refractivity contribution in [2.75, 3.05) is 27.8 Å². The lowest BCUT2D eigenvalue weighted by Gasteiger charge is -2.22. The number of rotatable bonds is 10. The molecular weight excluding hydrogens is 587 g/mol. The first kappa shape index (κ1) is 31.2. The molecule has 2 atom stereocenters. The highest BCUT2D eigenvalue weighted by atomic mass is 35.5. The smallest absolute Gasteiger partial charge is 0.463 e. The molecule has 16 heteroatoms. The van der Waals surface area contributed by atoms with Crippen LogP contribution in [0.15, 0.2) is 64.3 Å². The SMILES string of the molecule is COc1ccc(OP(OCC2OC(n3cc(Cl)c(=O)[nH]c3=O)CC2(F)F)Oc2ccc(OC)cc2)cc1.FCF. The van der Waals surface area contributed by atoms with E-state index in [1.165, 1.54) is 14.2 Å². The second-order valence-corrected chi connectivity index (χ2v) is 9.32. The highest BCUT2D eigenvalue weighted by molar-refractivity contribution is 7.42. The van der Waals surface area contributed by atoms with E-state index in [-0.39, 0.29) is 5.02 Å². The molecule has 0 saturated carbocycles. The summed E-state index contributed by atoms with van der Waals surface area (Å²) in [5, 5.41) is -0.337. The Hall–Kier alpha value is -3.32. The van der Waals surface area contributed by atoms with Gasteiger partial charge in [-0.25, -0.2) is 22.4 Å². The van der Waals surface area contributed by atoms with Gasteiger partial charge in [0.05, 0.1) is 27.2 Å². The van der Waals surface area contributed by atoms with Gasteiger partial charge in [0.1, 0.15) is 40.4 Å². The summed E-state index contributed by atoms with van der Waals surface area (Å²) in [6.45, 7) is -2.37. The summed E-state index contributed by atoms with van der Waals surface area (Å²) in [6.07, 6.45) is -2.99. The Morgan fingerprint density at radius 1 is 0.975 bits per heavy atom. The Kier molecular flexibility index (Phi) is 11.2. The third-order valence-electron chi connectivity index (χ3n) is 5.28.